The largest absolute Gasteiger partial charge is 0.469 e. The highest BCUT2D eigenvalue weighted by molar-refractivity contribution is 8.03. The molecular formula is C22H38O4S. The second-order valence-corrected chi connectivity index (χ2v) is 8.77. The van der Waals surface area contributed by atoms with Crippen LogP contribution in [0.15, 0.2) is 23.1 Å². The second kappa shape index (κ2) is 14.3. The molecule has 0 fully saturated rings. The van der Waals surface area contributed by atoms with Gasteiger partial charge < -0.3 is 14.9 Å². The summed E-state index contributed by atoms with van der Waals surface area (Å²) in [4.78, 5) is 12.3. The van der Waals surface area contributed by atoms with Gasteiger partial charge in [0.2, 0.25) is 0 Å². The molecule has 0 aliphatic heterocycles. The number of hydrogen-bond donors (Lipinski definition) is 2. The standard InChI is InChI=1S/C22H38O4S/c1-4-5-9-17(2)16-18(23)11-12-19-20(24)13-14-21(19)27-15-8-6-7-10-22(25)26-3/h11-12,14,17-20,23-24H,4-10,13,15-16H2,1-3H3/t17-,18-,19+,20-/m1/s1. The van der Waals surface area contributed by atoms with Crippen molar-refractivity contribution in [3.05, 3.63) is 23.1 Å². The maximum absolute atomic E-state index is 11.1. The van der Waals surface area contributed by atoms with Gasteiger partial charge in [-0.1, -0.05) is 57.8 Å². The van der Waals surface area contributed by atoms with Crippen LogP contribution in [0, 0.1) is 11.8 Å². The molecule has 0 saturated carbocycles. The van der Waals surface area contributed by atoms with Crippen LogP contribution in [0.2, 0.25) is 0 Å². The van der Waals surface area contributed by atoms with Crippen LogP contribution >= 0.6 is 11.8 Å². The second-order valence-electron chi connectivity index (χ2n) is 7.61. The lowest BCUT2D eigenvalue weighted by atomic mass is 9.96. The molecule has 2 N–H and O–H groups in total. The van der Waals surface area contributed by atoms with E-state index in [2.05, 4.69) is 24.7 Å². The summed E-state index contributed by atoms with van der Waals surface area (Å²) < 4.78 is 4.64. The number of aliphatic hydroxyl groups is 2. The molecule has 0 aromatic carbocycles. The number of carbonyl (C=O) groups is 1. The fourth-order valence-electron chi connectivity index (χ4n) is 3.34. The van der Waals surface area contributed by atoms with Gasteiger partial charge in [-0.2, -0.15) is 0 Å². The first kappa shape index (κ1) is 24.3. The highest BCUT2D eigenvalue weighted by atomic mass is 32.2. The number of aliphatic hydroxyl groups excluding tert-OH is 2. The predicted octanol–water partition coefficient (Wildman–Crippen LogP) is 4.85. The summed E-state index contributed by atoms with van der Waals surface area (Å²) in [6.45, 7) is 4.38. The molecule has 0 amide bonds. The first-order chi connectivity index (χ1) is 13.0. The third-order valence-electron chi connectivity index (χ3n) is 5.06. The molecule has 1 aliphatic carbocycles. The summed E-state index contributed by atoms with van der Waals surface area (Å²) in [5, 5.41) is 20.5. The first-order valence-electron chi connectivity index (χ1n) is 10.4. The molecule has 0 heterocycles. The lowest BCUT2D eigenvalue weighted by Crippen LogP contribution is -2.15. The Labute approximate surface area is 169 Å². The highest BCUT2D eigenvalue weighted by Crippen LogP contribution is 2.36. The number of ether oxygens (including phenoxy) is 1. The summed E-state index contributed by atoms with van der Waals surface area (Å²) in [5.74, 6) is 1.37. The van der Waals surface area contributed by atoms with Gasteiger partial charge in [0.05, 0.1) is 19.3 Å². The molecule has 0 aromatic rings. The number of unbranched alkanes of at least 4 members (excludes halogenated alkanes) is 3. The van der Waals surface area contributed by atoms with E-state index in [1.807, 2.05) is 12.2 Å². The van der Waals surface area contributed by atoms with E-state index in [0.717, 1.165) is 37.9 Å². The van der Waals surface area contributed by atoms with Crippen molar-refractivity contribution in [3.63, 3.8) is 0 Å². The molecule has 1 rings (SSSR count). The van der Waals surface area contributed by atoms with Gasteiger partial charge in [0.25, 0.3) is 0 Å². The van der Waals surface area contributed by atoms with E-state index >= 15 is 0 Å². The summed E-state index contributed by atoms with van der Waals surface area (Å²) >= 11 is 1.79. The zero-order valence-electron chi connectivity index (χ0n) is 17.2. The van der Waals surface area contributed by atoms with Crippen LogP contribution in [0.1, 0.15) is 71.6 Å². The zero-order valence-corrected chi connectivity index (χ0v) is 18.0. The van der Waals surface area contributed by atoms with E-state index in [4.69, 9.17) is 0 Å². The monoisotopic (exact) mass is 398 g/mol. The minimum Gasteiger partial charge on any atom is -0.469 e. The van der Waals surface area contributed by atoms with Crippen molar-refractivity contribution in [2.45, 2.75) is 83.8 Å². The van der Waals surface area contributed by atoms with Crippen LogP contribution in [-0.2, 0) is 9.53 Å². The fourth-order valence-corrected chi connectivity index (χ4v) is 4.56. The van der Waals surface area contributed by atoms with Gasteiger partial charge in [-0.05, 0) is 42.3 Å². The molecule has 0 spiro atoms. The van der Waals surface area contributed by atoms with Crippen molar-refractivity contribution in [3.8, 4) is 0 Å². The molecule has 4 atom stereocenters. The van der Waals surface area contributed by atoms with Crippen LogP contribution in [0.3, 0.4) is 0 Å². The molecule has 0 aromatic heterocycles. The maximum atomic E-state index is 11.1. The lowest BCUT2D eigenvalue weighted by Gasteiger charge is -2.17. The van der Waals surface area contributed by atoms with E-state index < -0.39 is 6.10 Å². The third-order valence-corrected chi connectivity index (χ3v) is 6.33. The van der Waals surface area contributed by atoms with Crippen molar-refractivity contribution in [2.24, 2.45) is 11.8 Å². The summed E-state index contributed by atoms with van der Waals surface area (Å²) in [6.07, 6.45) is 13.6. The summed E-state index contributed by atoms with van der Waals surface area (Å²) in [6, 6.07) is 0. The number of esters is 1. The van der Waals surface area contributed by atoms with Gasteiger partial charge in [0, 0.05) is 12.3 Å². The van der Waals surface area contributed by atoms with E-state index in [1.165, 1.54) is 24.9 Å². The average molecular weight is 399 g/mol. The first-order valence-corrected chi connectivity index (χ1v) is 11.4. The average Bonchev–Trinajstić information content (AvgIpc) is 3.00. The zero-order chi connectivity index (χ0) is 20.1. The van der Waals surface area contributed by atoms with E-state index in [1.54, 1.807) is 11.8 Å². The molecule has 5 heteroatoms. The van der Waals surface area contributed by atoms with Crippen molar-refractivity contribution in [2.75, 3.05) is 12.9 Å². The van der Waals surface area contributed by atoms with Gasteiger partial charge in [0.1, 0.15) is 0 Å². The number of carbonyl (C=O) groups excluding carboxylic acids is 1. The molecule has 0 radical (unpaired) electrons. The topological polar surface area (TPSA) is 66.8 Å². The van der Waals surface area contributed by atoms with Crippen LogP contribution in [0.4, 0.5) is 0 Å². The van der Waals surface area contributed by atoms with E-state index in [0.29, 0.717) is 18.8 Å². The van der Waals surface area contributed by atoms with Gasteiger partial charge >= 0.3 is 5.97 Å². The molecule has 0 bridgehead atoms. The van der Waals surface area contributed by atoms with Crippen molar-refractivity contribution < 1.29 is 19.7 Å². The summed E-state index contributed by atoms with van der Waals surface area (Å²) in [5.41, 5.74) is 0. The predicted molar refractivity (Wildman–Crippen MR) is 114 cm³/mol. The Kier molecular flexibility index (Phi) is 12.8. The van der Waals surface area contributed by atoms with Crippen LogP contribution in [-0.4, -0.2) is 41.3 Å². The molecule has 0 unspecified atom stereocenters. The maximum Gasteiger partial charge on any atom is 0.305 e. The van der Waals surface area contributed by atoms with Gasteiger partial charge in [-0.25, -0.2) is 0 Å². The highest BCUT2D eigenvalue weighted by Gasteiger charge is 2.26. The number of thioether (sulfide) groups is 1. The van der Waals surface area contributed by atoms with E-state index in [-0.39, 0.29) is 18.0 Å². The number of rotatable bonds is 14. The Hall–Kier alpha value is -0.780. The molecule has 27 heavy (non-hydrogen) atoms. The third kappa shape index (κ3) is 10.4. The van der Waals surface area contributed by atoms with Crippen LogP contribution in [0.5, 0.6) is 0 Å². The van der Waals surface area contributed by atoms with Gasteiger partial charge in [0.15, 0.2) is 0 Å². The minimum absolute atomic E-state index is 0.00525. The smallest absolute Gasteiger partial charge is 0.305 e. The number of methoxy groups -OCH3 is 1. The number of hydrogen-bond acceptors (Lipinski definition) is 5. The Morgan fingerprint density at radius 3 is 2.85 bits per heavy atom. The summed E-state index contributed by atoms with van der Waals surface area (Å²) in [7, 11) is 1.42. The minimum atomic E-state index is -0.436. The van der Waals surface area contributed by atoms with Crippen molar-refractivity contribution >= 4 is 17.7 Å². The Bertz CT molecular complexity index is 475. The molecule has 0 saturated heterocycles. The molecule has 156 valence electrons. The Morgan fingerprint density at radius 2 is 2.15 bits per heavy atom. The van der Waals surface area contributed by atoms with Crippen molar-refractivity contribution in [1.29, 1.82) is 0 Å². The lowest BCUT2D eigenvalue weighted by molar-refractivity contribution is -0.140. The quantitative estimate of drug-likeness (QED) is 0.249. The SMILES string of the molecule is CCCC[C@@H](C)C[C@H](O)C=C[C@@H]1C(SCCCCCC(=O)OC)=CC[C@H]1O. The molecular weight excluding hydrogens is 360 g/mol. The van der Waals surface area contributed by atoms with Crippen LogP contribution < -0.4 is 0 Å². The molecule has 4 nitrogen and oxygen atoms in total. The normalized spacial score (nSPS) is 22.0. The Morgan fingerprint density at radius 1 is 1.37 bits per heavy atom. The van der Waals surface area contributed by atoms with E-state index in [9.17, 15) is 15.0 Å². The van der Waals surface area contributed by atoms with Crippen molar-refractivity contribution in [1.82, 2.24) is 0 Å². The van der Waals surface area contributed by atoms with Gasteiger partial charge in [-0.3, -0.25) is 4.79 Å². The van der Waals surface area contributed by atoms with Crippen LogP contribution in [0.25, 0.3) is 0 Å². The van der Waals surface area contributed by atoms with Gasteiger partial charge in [-0.15, -0.1) is 11.8 Å². The molecule has 1 aliphatic rings. The Balaban J connectivity index is 2.32. The fraction of sp³-hybridized carbons (Fsp3) is 0.773.